The van der Waals surface area contributed by atoms with Gasteiger partial charge in [0.05, 0.1) is 0 Å². The van der Waals surface area contributed by atoms with Crippen molar-refractivity contribution >= 4 is 35.0 Å². The minimum atomic E-state index is -0.371. The molecule has 7 rings (SSSR count). The second-order valence-corrected chi connectivity index (χ2v) is 13.2. The van der Waals surface area contributed by atoms with E-state index in [-0.39, 0.29) is 60.8 Å². The van der Waals surface area contributed by atoms with E-state index < -0.39 is 0 Å². The van der Waals surface area contributed by atoms with Crippen LogP contribution in [0.3, 0.4) is 0 Å². The number of ether oxygens (including phenoxy) is 2. The lowest BCUT2D eigenvalue weighted by Crippen LogP contribution is -2.43. The molecule has 4 aliphatic rings. The molecular weight excluding hydrogens is 628 g/mol. The zero-order chi connectivity index (χ0) is 33.7. The Hall–Kier alpha value is -4.62. The Labute approximate surface area is 284 Å². The predicted molar refractivity (Wildman–Crippen MR) is 179 cm³/mol. The number of benzene rings is 2. The number of hydrogen-bond donors (Lipinski definition) is 2. The first-order chi connectivity index (χ1) is 23.9. The number of nitrogens with one attached hydrogen (secondary N) is 2. The third-order valence-corrected chi connectivity index (χ3v) is 9.83. The van der Waals surface area contributed by atoms with Gasteiger partial charge in [0, 0.05) is 73.7 Å². The van der Waals surface area contributed by atoms with E-state index in [1.165, 1.54) is 0 Å². The van der Waals surface area contributed by atoms with Crippen molar-refractivity contribution in [3.05, 3.63) is 48.5 Å². The maximum Gasteiger partial charge on any atom is 0.251 e. The van der Waals surface area contributed by atoms with Gasteiger partial charge in [-0.1, -0.05) is 0 Å². The number of likely N-dealkylation sites (tertiary alicyclic amines) is 2. The highest BCUT2D eigenvalue weighted by Gasteiger charge is 2.37. The van der Waals surface area contributed by atoms with Gasteiger partial charge < -0.3 is 34.3 Å². The number of aromatic nitrogens is 2. The molecule has 0 aliphatic carbocycles. The zero-order valence-corrected chi connectivity index (χ0v) is 27.5. The molecule has 0 spiro atoms. The molecule has 4 saturated heterocycles. The van der Waals surface area contributed by atoms with Gasteiger partial charge in [-0.05, 0) is 99.9 Å². The Morgan fingerprint density at radius 3 is 1.43 bits per heavy atom. The molecule has 258 valence electrons. The minimum Gasteiger partial charge on any atom is -0.416 e. The molecule has 1 aromatic heterocycles. The summed E-state index contributed by atoms with van der Waals surface area (Å²) in [7, 11) is 0. The van der Waals surface area contributed by atoms with Gasteiger partial charge in [0.2, 0.25) is 23.6 Å². The fourth-order valence-corrected chi connectivity index (χ4v) is 7.29. The molecule has 2 N–H and O–H groups in total. The zero-order valence-electron chi connectivity index (χ0n) is 27.5. The Morgan fingerprint density at radius 2 is 1.04 bits per heavy atom. The second kappa shape index (κ2) is 14.9. The molecule has 13 heteroatoms. The van der Waals surface area contributed by atoms with Crippen LogP contribution >= 0.6 is 0 Å². The summed E-state index contributed by atoms with van der Waals surface area (Å²) in [6.45, 7) is 2.57. The minimum absolute atomic E-state index is 0.00510. The van der Waals surface area contributed by atoms with Gasteiger partial charge in [-0.3, -0.25) is 19.2 Å². The fraction of sp³-hybridized carbons (Fsp3) is 0.500. The standard InChI is InChI=1S/C36H42N6O7/c43-31(21-27-5-1-17-41(27)35(45)29-7-3-19-47-29)37-25-13-9-23(10-14-25)33-39-40-34(49-33)24-11-15-26(16-12-24)38-32(44)22-28-6-2-18-42(28)36(46)30-8-4-20-48-30/h9-16,27-30H,1-8,17-22H2,(H,37,43)(H,38,44)/t27-,28-,29+,30+/m0/s1. The number of carbonyl (C=O) groups is 4. The highest BCUT2D eigenvalue weighted by molar-refractivity contribution is 5.93. The predicted octanol–water partition coefficient (Wildman–Crippen LogP) is 4.40. The number of hydrogen-bond acceptors (Lipinski definition) is 9. The summed E-state index contributed by atoms with van der Waals surface area (Å²) in [6.07, 6.45) is 6.41. The van der Waals surface area contributed by atoms with Crippen LogP contribution in [0.15, 0.2) is 52.9 Å². The van der Waals surface area contributed by atoms with Crippen molar-refractivity contribution in [3.63, 3.8) is 0 Å². The highest BCUT2D eigenvalue weighted by Crippen LogP contribution is 2.29. The molecule has 2 aromatic carbocycles. The van der Waals surface area contributed by atoms with Crippen molar-refractivity contribution in [3.8, 4) is 22.9 Å². The lowest BCUT2D eigenvalue weighted by atomic mass is 10.1. The molecular formula is C36H42N6O7. The van der Waals surface area contributed by atoms with E-state index in [0.29, 0.717) is 60.6 Å². The Kier molecular flexibility index (Phi) is 9.99. The van der Waals surface area contributed by atoms with Crippen LogP contribution in [0.25, 0.3) is 22.9 Å². The van der Waals surface area contributed by atoms with E-state index in [9.17, 15) is 19.2 Å². The summed E-state index contributed by atoms with van der Waals surface area (Å²) in [5, 5.41) is 14.3. The summed E-state index contributed by atoms with van der Waals surface area (Å²) in [5.41, 5.74) is 2.67. The van der Waals surface area contributed by atoms with E-state index in [1.54, 1.807) is 48.5 Å². The van der Waals surface area contributed by atoms with Crippen molar-refractivity contribution in [1.29, 1.82) is 0 Å². The van der Waals surface area contributed by atoms with Crippen LogP contribution < -0.4 is 10.6 Å². The van der Waals surface area contributed by atoms with Crippen molar-refractivity contribution in [2.75, 3.05) is 36.9 Å². The first-order valence-corrected chi connectivity index (χ1v) is 17.4. The van der Waals surface area contributed by atoms with Crippen LogP contribution in [0.1, 0.15) is 64.2 Å². The lowest BCUT2D eigenvalue weighted by Gasteiger charge is -2.26. The van der Waals surface area contributed by atoms with Crippen molar-refractivity contribution < 1.29 is 33.1 Å². The van der Waals surface area contributed by atoms with Crippen LogP contribution in [0.5, 0.6) is 0 Å². The SMILES string of the molecule is O=C(C[C@@H]1CCCN1C(=O)[C@H]1CCCO1)Nc1ccc(-c2nnc(-c3ccc(NC(=O)C[C@@H]4CCCN4C(=O)[C@H]4CCCO4)cc3)o2)cc1. The average molecular weight is 671 g/mol. The first kappa shape index (κ1) is 32.9. The van der Waals surface area contributed by atoms with E-state index in [0.717, 1.165) is 51.4 Å². The molecule has 13 nitrogen and oxygen atoms in total. The highest BCUT2D eigenvalue weighted by atomic mass is 16.5. The molecule has 5 heterocycles. The number of nitrogens with zero attached hydrogens (tertiary/aromatic N) is 4. The molecule has 4 aliphatic heterocycles. The number of amides is 4. The van der Waals surface area contributed by atoms with E-state index in [1.807, 2.05) is 9.80 Å². The first-order valence-electron chi connectivity index (χ1n) is 17.4. The Bertz CT molecular complexity index is 1530. The Morgan fingerprint density at radius 1 is 0.612 bits per heavy atom. The molecule has 0 saturated carbocycles. The molecule has 4 atom stereocenters. The van der Waals surface area contributed by atoms with Crippen LogP contribution in [0.4, 0.5) is 11.4 Å². The van der Waals surface area contributed by atoms with Crippen molar-refractivity contribution in [1.82, 2.24) is 20.0 Å². The third-order valence-electron chi connectivity index (χ3n) is 9.83. The lowest BCUT2D eigenvalue weighted by molar-refractivity contribution is -0.143. The van der Waals surface area contributed by atoms with Gasteiger partial charge >= 0.3 is 0 Å². The average Bonchev–Trinajstić information content (AvgIpc) is 3.95. The van der Waals surface area contributed by atoms with Crippen molar-refractivity contribution in [2.45, 2.75) is 88.5 Å². The monoisotopic (exact) mass is 670 g/mol. The van der Waals surface area contributed by atoms with Gasteiger partial charge in [-0.25, -0.2) is 0 Å². The van der Waals surface area contributed by atoms with Crippen LogP contribution in [0, 0.1) is 0 Å². The van der Waals surface area contributed by atoms with E-state index in [2.05, 4.69) is 20.8 Å². The summed E-state index contributed by atoms with van der Waals surface area (Å²) in [5.74, 6) is 0.386. The van der Waals surface area contributed by atoms with Crippen LogP contribution in [-0.4, -0.2) is 94.2 Å². The van der Waals surface area contributed by atoms with Gasteiger partial charge in [0.15, 0.2) is 0 Å². The van der Waals surface area contributed by atoms with E-state index >= 15 is 0 Å². The van der Waals surface area contributed by atoms with Gasteiger partial charge in [-0.15, -0.1) is 10.2 Å². The largest absolute Gasteiger partial charge is 0.416 e. The maximum atomic E-state index is 12.9. The summed E-state index contributed by atoms with van der Waals surface area (Å²) in [4.78, 5) is 55.0. The normalized spacial score (nSPS) is 23.6. The molecule has 4 amide bonds. The number of rotatable bonds is 10. The third kappa shape index (κ3) is 7.67. The van der Waals surface area contributed by atoms with Crippen LogP contribution in [-0.2, 0) is 28.7 Å². The van der Waals surface area contributed by atoms with Gasteiger partial charge in [0.25, 0.3) is 11.8 Å². The second-order valence-electron chi connectivity index (χ2n) is 13.2. The molecule has 0 bridgehead atoms. The quantitative estimate of drug-likeness (QED) is 0.319. The fourth-order valence-electron chi connectivity index (χ4n) is 7.29. The van der Waals surface area contributed by atoms with Gasteiger partial charge in [-0.2, -0.15) is 0 Å². The smallest absolute Gasteiger partial charge is 0.251 e. The molecule has 49 heavy (non-hydrogen) atoms. The van der Waals surface area contributed by atoms with Crippen LogP contribution in [0.2, 0.25) is 0 Å². The summed E-state index contributed by atoms with van der Waals surface area (Å²) in [6, 6.07) is 14.1. The van der Waals surface area contributed by atoms with Crippen molar-refractivity contribution in [2.24, 2.45) is 0 Å². The number of anilines is 2. The maximum absolute atomic E-state index is 12.9. The summed E-state index contributed by atoms with van der Waals surface area (Å²) < 4.78 is 17.1. The molecule has 4 fully saturated rings. The molecule has 3 aromatic rings. The number of carbonyl (C=O) groups excluding carboxylic acids is 4. The molecule has 0 radical (unpaired) electrons. The summed E-state index contributed by atoms with van der Waals surface area (Å²) >= 11 is 0. The van der Waals surface area contributed by atoms with E-state index in [4.69, 9.17) is 13.9 Å². The topological polar surface area (TPSA) is 156 Å². The molecule has 0 unspecified atom stereocenters. The Balaban J connectivity index is 0.895. The van der Waals surface area contributed by atoms with Gasteiger partial charge in [0.1, 0.15) is 12.2 Å².